The number of aromatic nitrogens is 2. The maximum Gasteiger partial charge on any atom is 0.410 e. The van der Waals surface area contributed by atoms with Crippen molar-refractivity contribution in [1.29, 1.82) is 0 Å². The molecule has 2 aliphatic heterocycles. The van der Waals surface area contributed by atoms with Crippen LogP contribution in [0.2, 0.25) is 10.0 Å². The maximum atomic E-state index is 15.0. The molecule has 3 aromatic rings. The lowest BCUT2D eigenvalue weighted by atomic mass is 10.0. The highest BCUT2D eigenvalue weighted by Crippen LogP contribution is 2.46. The number of amides is 1. The van der Waals surface area contributed by atoms with E-state index in [0.717, 1.165) is 6.07 Å². The SMILES string of the molecule is CC1CN(C(=O)OC(C)(C)C)CCN1c1nc(=O)n2c3c(c(-c4cc(Cl)c(F)cc4F)c(Cl)cc13)SCCC2. The van der Waals surface area contributed by atoms with E-state index in [1.807, 2.05) is 32.6 Å². The van der Waals surface area contributed by atoms with E-state index in [0.29, 0.717) is 65.5 Å². The summed E-state index contributed by atoms with van der Waals surface area (Å²) in [6, 6.07) is 3.47. The predicted octanol–water partition coefficient (Wildman–Crippen LogP) is 6.59. The Labute approximate surface area is 239 Å². The number of piperazine rings is 1. The van der Waals surface area contributed by atoms with E-state index >= 15 is 4.39 Å². The molecule has 3 heterocycles. The standard InChI is InChI=1S/C27H28Cl2F2N4O3S/c1-14-13-33(26(37)38-27(2,3)4)7-8-34(14)24-16-11-18(29)21(15-10-17(28)20(31)12-19(15)30)23-22(16)35(25(36)32-24)6-5-9-39-23/h10-12,14H,5-9,13H2,1-4H3. The molecule has 1 amide bonds. The number of hydrogen-bond donors (Lipinski definition) is 0. The fourth-order valence-electron chi connectivity index (χ4n) is 5.06. The van der Waals surface area contributed by atoms with Crippen LogP contribution in [0.5, 0.6) is 0 Å². The van der Waals surface area contributed by atoms with Crippen LogP contribution >= 0.6 is 35.0 Å². The number of halogens is 4. The van der Waals surface area contributed by atoms with E-state index in [2.05, 4.69) is 4.98 Å². The molecule has 5 rings (SSSR count). The lowest BCUT2D eigenvalue weighted by molar-refractivity contribution is 0.0218. The summed E-state index contributed by atoms with van der Waals surface area (Å²) in [7, 11) is 0. The number of thioether (sulfide) groups is 1. The zero-order valence-corrected chi connectivity index (χ0v) is 24.3. The quantitative estimate of drug-likeness (QED) is 0.311. The van der Waals surface area contributed by atoms with Gasteiger partial charge in [0.1, 0.15) is 23.1 Å². The van der Waals surface area contributed by atoms with Gasteiger partial charge in [-0.25, -0.2) is 18.4 Å². The Morgan fingerprint density at radius 2 is 1.85 bits per heavy atom. The van der Waals surface area contributed by atoms with Crippen LogP contribution in [0.15, 0.2) is 27.9 Å². The zero-order chi connectivity index (χ0) is 28.2. The minimum Gasteiger partial charge on any atom is -0.444 e. The number of benzene rings is 2. The number of rotatable bonds is 2. The van der Waals surface area contributed by atoms with Crippen LogP contribution in [0, 0.1) is 11.6 Å². The van der Waals surface area contributed by atoms with Crippen molar-refractivity contribution in [3.63, 3.8) is 0 Å². The van der Waals surface area contributed by atoms with Crippen LogP contribution in [0.3, 0.4) is 0 Å². The van der Waals surface area contributed by atoms with E-state index in [9.17, 15) is 14.0 Å². The molecule has 208 valence electrons. The van der Waals surface area contributed by atoms with Crippen molar-refractivity contribution in [3.8, 4) is 11.1 Å². The molecule has 39 heavy (non-hydrogen) atoms. The number of hydrogen-bond acceptors (Lipinski definition) is 6. The molecule has 1 aromatic heterocycles. The Balaban J connectivity index is 1.64. The number of ether oxygens (including phenoxy) is 1. The molecule has 1 saturated heterocycles. The molecule has 1 fully saturated rings. The van der Waals surface area contributed by atoms with E-state index in [1.165, 1.54) is 17.8 Å². The fraction of sp³-hybridized carbons (Fsp3) is 0.444. The first-order chi connectivity index (χ1) is 18.4. The topological polar surface area (TPSA) is 67.7 Å². The number of carbonyl (C=O) groups is 1. The lowest BCUT2D eigenvalue weighted by Gasteiger charge is -2.41. The molecule has 0 radical (unpaired) electrons. The minimum absolute atomic E-state index is 0.0643. The Morgan fingerprint density at radius 3 is 2.54 bits per heavy atom. The van der Waals surface area contributed by atoms with Crippen molar-refractivity contribution < 1.29 is 18.3 Å². The van der Waals surface area contributed by atoms with E-state index < -0.39 is 22.9 Å². The Bertz CT molecular complexity index is 1540. The van der Waals surface area contributed by atoms with Gasteiger partial charge in [-0.2, -0.15) is 4.98 Å². The minimum atomic E-state index is -0.865. The van der Waals surface area contributed by atoms with Crippen LogP contribution in [-0.2, 0) is 11.3 Å². The number of anilines is 1. The van der Waals surface area contributed by atoms with Gasteiger partial charge < -0.3 is 14.5 Å². The van der Waals surface area contributed by atoms with Crippen LogP contribution < -0.4 is 10.6 Å². The molecule has 0 saturated carbocycles. The second kappa shape index (κ2) is 10.4. The lowest BCUT2D eigenvalue weighted by Crippen LogP contribution is -2.55. The molecule has 2 aliphatic rings. The summed E-state index contributed by atoms with van der Waals surface area (Å²) in [5.41, 5.74) is 0.00308. The monoisotopic (exact) mass is 596 g/mol. The van der Waals surface area contributed by atoms with Gasteiger partial charge in [0.25, 0.3) is 0 Å². The van der Waals surface area contributed by atoms with Gasteiger partial charge in [-0.15, -0.1) is 11.8 Å². The highest BCUT2D eigenvalue weighted by Gasteiger charge is 2.33. The van der Waals surface area contributed by atoms with Gasteiger partial charge >= 0.3 is 11.8 Å². The summed E-state index contributed by atoms with van der Waals surface area (Å²) in [6.07, 6.45) is 0.309. The maximum absolute atomic E-state index is 15.0. The molecule has 0 spiro atoms. The summed E-state index contributed by atoms with van der Waals surface area (Å²) >= 11 is 14.3. The third-order valence-corrected chi connectivity index (χ3v) is 8.52. The second-order valence-electron chi connectivity index (χ2n) is 10.7. The van der Waals surface area contributed by atoms with Crippen LogP contribution in [0.4, 0.5) is 19.4 Å². The van der Waals surface area contributed by atoms with Gasteiger partial charge in [0, 0.05) is 59.7 Å². The van der Waals surface area contributed by atoms with Crippen LogP contribution in [-0.4, -0.2) is 57.6 Å². The first-order valence-electron chi connectivity index (χ1n) is 12.6. The third-order valence-electron chi connectivity index (χ3n) is 6.75. The zero-order valence-electron chi connectivity index (χ0n) is 22.0. The van der Waals surface area contributed by atoms with Gasteiger partial charge in [0.2, 0.25) is 0 Å². The van der Waals surface area contributed by atoms with Gasteiger partial charge in [0.05, 0.1) is 15.6 Å². The molecular weight excluding hydrogens is 569 g/mol. The first kappa shape index (κ1) is 28.0. The van der Waals surface area contributed by atoms with Crippen molar-refractivity contribution in [1.82, 2.24) is 14.5 Å². The van der Waals surface area contributed by atoms with Crippen molar-refractivity contribution in [2.75, 3.05) is 30.3 Å². The smallest absolute Gasteiger partial charge is 0.410 e. The average Bonchev–Trinajstić information content (AvgIpc) is 3.07. The summed E-state index contributed by atoms with van der Waals surface area (Å²) in [6.45, 7) is 9.06. The van der Waals surface area contributed by atoms with Crippen molar-refractivity contribution in [3.05, 3.63) is 50.4 Å². The second-order valence-corrected chi connectivity index (χ2v) is 12.7. The van der Waals surface area contributed by atoms with E-state index in [1.54, 1.807) is 15.5 Å². The summed E-state index contributed by atoms with van der Waals surface area (Å²) in [5.74, 6) is -0.539. The van der Waals surface area contributed by atoms with Gasteiger partial charge in [-0.1, -0.05) is 23.2 Å². The molecule has 1 atom stereocenters. The predicted molar refractivity (Wildman–Crippen MR) is 151 cm³/mol. The molecule has 0 aliphatic carbocycles. The summed E-state index contributed by atoms with van der Waals surface area (Å²) in [4.78, 5) is 34.7. The number of carbonyl (C=O) groups excluding carboxylic acids is 1. The highest BCUT2D eigenvalue weighted by molar-refractivity contribution is 7.99. The molecule has 1 unspecified atom stereocenters. The molecule has 0 bridgehead atoms. The first-order valence-corrected chi connectivity index (χ1v) is 14.4. The Morgan fingerprint density at radius 1 is 1.10 bits per heavy atom. The van der Waals surface area contributed by atoms with Gasteiger partial charge in [-0.3, -0.25) is 4.57 Å². The van der Waals surface area contributed by atoms with Gasteiger partial charge in [0.15, 0.2) is 0 Å². The number of nitrogens with zero attached hydrogens (tertiary/aromatic N) is 4. The Hall–Kier alpha value is -2.56. The third kappa shape index (κ3) is 5.30. The molecule has 12 heteroatoms. The molecular formula is C27H28Cl2F2N4O3S. The van der Waals surface area contributed by atoms with E-state index in [-0.39, 0.29) is 27.7 Å². The van der Waals surface area contributed by atoms with Crippen molar-refractivity contribution in [2.45, 2.75) is 57.2 Å². The van der Waals surface area contributed by atoms with Gasteiger partial charge in [-0.05, 0) is 52.0 Å². The summed E-state index contributed by atoms with van der Waals surface area (Å²) in [5, 5.41) is 0.665. The van der Waals surface area contributed by atoms with Crippen molar-refractivity contribution >= 4 is 57.8 Å². The summed E-state index contributed by atoms with van der Waals surface area (Å²) < 4.78 is 36.1. The molecule has 0 N–H and O–H groups in total. The fourth-order valence-corrected chi connectivity index (χ4v) is 6.78. The average molecular weight is 598 g/mol. The molecule has 2 aromatic carbocycles. The van der Waals surface area contributed by atoms with Crippen LogP contribution in [0.1, 0.15) is 34.1 Å². The molecule has 7 nitrogen and oxygen atoms in total. The Kier molecular flexibility index (Phi) is 7.50. The highest BCUT2D eigenvalue weighted by atomic mass is 35.5. The van der Waals surface area contributed by atoms with Crippen molar-refractivity contribution in [2.24, 2.45) is 0 Å². The normalized spacial score (nSPS) is 17.9. The number of aryl methyl sites for hydroxylation is 1. The largest absolute Gasteiger partial charge is 0.444 e. The van der Waals surface area contributed by atoms with Crippen LogP contribution in [0.25, 0.3) is 22.0 Å². The van der Waals surface area contributed by atoms with E-state index in [4.69, 9.17) is 27.9 Å².